The highest BCUT2D eigenvalue weighted by molar-refractivity contribution is 7.80. The van der Waals surface area contributed by atoms with Crippen molar-refractivity contribution < 1.29 is 14.3 Å². The summed E-state index contributed by atoms with van der Waals surface area (Å²) in [5, 5.41) is 8.49. The molecule has 2 aromatic carbocycles. The zero-order valence-electron chi connectivity index (χ0n) is 16.2. The summed E-state index contributed by atoms with van der Waals surface area (Å²) < 4.78 is 5.71. The topological polar surface area (TPSA) is 79.5 Å². The molecule has 2 aromatic rings. The lowest BCUT2D eigenvalue weighted by Crippen LogP contribution is -2.34. The van der Waals surface area contributed by atoms with Crippen LogP contribution in [0.4, 0.5) is 5.69 Å². The third-order valence-corrected chi connectivity index (χ3v) is 3.88. The first kappa shape index (κ1) is 21.4. The first-order valence-corrected chi connectivity index (χ1v) is 9.54. The van der Waals surface area contributed by atoms with Crippen LogP contribution < -0.4 is 20.7 Å². The SMILES string of the molecule is CCNC(=O)c1ccc(NC(=S)NC(=O)c2ccccc2OCC(C)C)cc1. The monoisotopic (exact) mass is 399 g/mol. The fourth-order valence-electron chi connectivity index (χ4n) is 2.34. The average Bonchev–Trinajstić information content (AvgIpc) is 2.67. The predicted octanol–water partition coefficient (Wildman–Crippen LogP) is 3.60. The van der Waals surface area contributed by atoms with E-state index in [9.17, 15) is 9.59 Å². The molecule has 7 heteroatoms. The molecule has 3 N–H and O–H groups in total. The Labute approximate surface area is 170 Å². The van der Waals surface area contributed by atoms with Crippen LogP contribution in [0.2, 0.25) is 0 Å². The van der Waals surface area contributed by atoms with E-state index in [1.54, 1.807) is 42.5 Å². The van der Waals surface area contributed by atoms with Crippen LogP contribution in [-0.2, 0) is 0 Å². The number of benzene rings is 2. The number of thiocarbonyl (C=S) groups is 1. The van der Waals surface area contributed by atoms with E-state index in [-0.39, 0.29) is 16.9 Å². The summed E-state index contributed by atoms with van der Waals surface area (Å²) in [6.07, 6.45) is 0. The van der Waals surface area contributed by atoms with Gasteiger partial charge in [-0.15, -0.1) is 0 Å². The van der Waals surface area contributed by atoms with Gasteiger partial charge in [0.25, 0.3) is 11.8 Å². The smallest absolute Gasteiger partial charge is 0.261 e. The zero-order chi connectivity index (χ0) is 20.5. The van der Waals surface area contributed by atoms with Crippen LogP contribution in [0.15, 0.2) is 48.5 Å². The molecule has 0 spiro atoms. The third kappa shape index (κ3) is 6.35. The quantitative estimate of drug-likeness (QED) is 0.620. The molecule has 0 aromatic heterocycles. The van der Waals surface area contributed by atoms with Gasteiger partial charge >= 0.3 is 0 Å². The molecule has 0 heterocycles. The van der Waals surface area contributed by atoms with Gasteiger partial charge in [0.1, 0.15) is 5.75 Å². The molecular weight excluding hydrogens is 374 g/mol. The first-order valence-electron chi connectivity index (χ1n) is 9.13. The number of carbonyl (C=O) groups is 2. The van der Waals surface area contributed by atoms with Crippen molar-refractivity contribution in [3.8, 4) is 5.75 Å². The van der Waals surface area contributed by atoms with Crippen LogP contribution in [0, 0.1) is 5.92 Å². The Morgan fingerprint density at radius 1 is 1.04 bits per heavy atom. The van der Waals surface area contributed by atoms with Gasteiger partial charge in [0.2, 0.25) is 0 Å². The molecule has 0 atom stereocenters. The molecule has 6 nitrogen and oxygen atoms in total. The highest BCUT2D eigenvalue weighted by Gasteiger charge is 2.14. The van der Waals surface area contributed by atoms with Gasteiger partial charge in [0.15, 0.2) is 5.11 Å². The Kier molecular flexibility index (Phi) is 7.95. The molecule has 0 saturated carbocycles. The second-order valence-electron chi connectivity index (χ2n) is 6.55. The molecule has 0 fully saturated rings. The van der Waals surface area contributed by atoms with Crippen molar-refractivity contribution in [1.82, 2.24) is 10.6 Å². The Morgan fingerprint density at radius 2 is 1.71 bits per heavy atom. The standard InChI is InChI=1S/C21H25N3O3S/c1-4-22-19(25)15-9-11-16(12-10-15)23-21(28)24-20(26)17-7-5-6-8-18(17)27-13-14(2)3/h5-12,14H,4,13H2,1-3H3,(H,22,25)(H2,23,24,26,28). The molecule has 0 radical (unpaired) electrons. The number of amides is 2. The Bertz CT molecular complexity index is 835. The molecule has 0 aliphatic heterocycles. The predicted molar refractivity (Wildman–Crippen MR) is 115 cm³/mol. The van der Waals surface area contributed by atoms with Crippen LogP contribution in [0.3, 0.4) is 0 Å². The molecule has 148 valence electrons. The summed E-state index contributed by atoms with van der Waals surface area (Å²) in [5.41, 5.74) is 1.64. The van der Waals surface area contributed by atoms with Gasteiger partial charge < -0.3 is 15.4 Å². The van der Waals surface area contributed by atoms with Crippen LogP contribution in [0.25, 0.3) is 0 Å². The second kappa shape index (κ2) is 10.4. The summed E-state index contributed by atoms with van der Waals surface area (Å²) in [7, 11) is 0. The summed E-state index contributed by atoms with van der Waals surface area (Å²) in [6.45, 7) is 7.03. The first-order chi connectivity index (χ1) is 13.4. The molecule has 2 amide bonds. The van der Waals surface area contributed by atoms with E-state index in [0.29, 0.717) is 41.6 Å². The van der Waals surface area contributed by atoms with E-state index >= 15 is 0 Å². The maximum atomic E-state index is 12.6. The van der Waals surface area contributed by atoms with Crippen molar-refractivity contribution in [1.29, 1.82) is 0 Å². The molecule has 28 heavy (non-hydrogen) atoms. The number of hydrogen-bond donors (Lipinski definition) is 3. The third-order valence-electron chi connectivity index (χ3n) is 3.67. The van der Waals surface area contributed by atoms with E-state index < -0.39 is 0 Å². The van der Waals surface area contributed by atoms with Crippen molar-refractivity contribution in [3.63, 3.8) is 0 Å². The number of hydrogen-bond acceptors (Lipinski definition) is 4. The number of carbonyl (C=O) groups excluding carboxylic acids is 2. The fourth-order valence-corrected chi connectivity index (χ4v) is 2.55. The van der Waals surface area contributed by atoms with E-state index in [4.69, 9.17) is 17.0 Å². The highest BCUT2D eigenvalue weighted by Crippen LogP contribution is 2.19. The van der Waals surface area contributed by atoms with Crippen LogP contribution in [0.5, 0.6) is 5.75 Å². The maximum Gasteiger partial charge on any atom is 0.261 e. The van der Waals surface area contributed by atoms with Gasteiger partial charge in [-0.2, -0.15) is 0 Å². The fraction of sp³-hybridized carbons (Fsp3) is 0.286. The Hall–Kier alpha value is -2.93. The zero-order valence-corrected chi connectivity index (χ0v) is 17.1. The number of anilines is 1. The number of para-hydroxylation sites is 1. The minimum Gasteiger partial charge on any atom is -0.492 e. The van der Waals surface area contributed by atoms with Gasteiger partial charge in [-0.25, -0.2) is 0 Å². The Morgan fingerprint density at radius 3 is 2.36 bits per heavy atom. The number of rotatable bonds is 7. The average molecular weight is 400 g/mol. The largest absolute Gasteiger partial charge is 0.492 e. The molecule has 0 aliphatic rings. The second-order valence-corrected chi connectivity index (χ2v) is 6.95. The number of ether oxygens (including phenoxy) is 1. The van der Waals surface area contributed by atoms with Crippen molar-refractivity contribution in [2.75, 3.05) is 18.5 Å². The summed E-state index contributed by atoms with van der Waals surface area (Å²) in [4.78, 5) is 24.3. The minimum atomic E-state index is -0.351. The van der Waals surface area contributed by atoms with Crippen molar-refractivity contribution in [2.45, 2.75) is 20.8 Å². The van der Waals surface area contributed by atoms with Gasteiger partial charge in [-0.1, -0.05) is 26.0 Å². The van der Waals surface area contributed by atoms with Gasteiger partial charge in [-0.3, -0.25) is 14.9 Å². The van der Waals surface area contributed by atoms with Gasteiger partial charge in [0, 0.05) is 17.8 Å². The lowest BCUT2D eigenvalue weighted by Gasteiger charge is -2.14. The van der Waals surface area contributed by atoms with Crippen LogP contribution >= 0.6 is 12.2 Å². The van der Waals surface area contributed by atoms with Crippen molar-refractivity contribution >= 4 is 34.8 Å². The molecule has 2 rings (SSSR count). The number of nitrogens with one attached hydrogen (secondary N) is 3. The summed E-state index contributed by atoms with van der Waals surface area (Å²) in [6, 6.07) is 13.9. The van der Waals surface area contributed by atoms with Crippen molar-refractivity contribution in [3.05, 3.63) is 59.7 Å². The molecule has 0 bridgehead atoms. The highest BCUT2D eigenvalue weighted by atomic mass is 32.1. The normalized spacial score (nSPS) is 10.3. The van der Waals surface area contributed by atoms with E-state index in [1.807, 2.05) is 26.8 Å². The van der Waals surface area contributed by atoms with Gasteiger partial charge in [0.05, 0.1) is 12.2 Å². The maximum absolute atomic E-state index is 12.6. The summed E-state index contributed by atoms with van der Waals surface area (Å²) in [5.74, 6) is 0.378. The van der Waals surface area contributed by atoms with E-state index in [0.717, 1.165) is 0 Å². The molecule has 0 aliphatic carbocycles. The molecule has 0 unspecified atom stereocenters. The Balaban J connectivity index is 1.98. The lowest BCUT2D eigenvalue weighted by molar-refractivity contribution is 0.0952. The minimum absolute atomic E-state index is 0.136. The summed E-state index contributed by atoms with van der Waals surface area (Å²) >= 11 is 5.22. The van der Waals surface area contributed by atoms with Gasteiger partial charge in [-0.05, 0) is 61.5 Å². The molecular formula is C21H25N3O3S. The van der Waals surface area contributed by atoms with E-state index in [2.05, 4.69) is 16.0 Å². The molecule has 0 saturated heterocycles. The lowest BCUT2D eigenvalue weighted by atomic mass is 10.2. The van der Waals surface area contributed by atoms with Crippen molar-refractivity contribution in [2.24, 2.45) is 5.92 Å². The van der Waals surface area contributed by atoms with Crippen LogP contribution in [-0.4, -0.2) is 30.1 Å². The van der Waals surface area contributed by atoms with Crippen LogP contribution in [0.1, 0.15) is 41.5 Å². The van der Waals surface area contributed by atoms with E-state index in [1.165, 1.54) is 0 Å².